The predicted octanol–water partition coefficient (Wildman–Crippen LogP) is 1.11. The highest BCUT2D eigenvalue weighted by Gasteiger charge is 2.24. The lowest BCUT2D eigenvalue weighted by molar-refractivity contribution is -0.130. The van der Waals surface area contributed by atoms with E-state index in [1.807, 2.05) is 30.3 Å². The van der Waals surface area contributed by atoms with Crippen LogP contribution in [0.4, 0.5) is 0 Å². The van der Waals surface area contributed by atoms with Crippen molar-refractivity contribution in [2.24, 2.45) is 0 Å². The summed E-state index contributed by atoms with van der Waals surface area (Å²) in [4.78, 5) is 24.1. The molecule has 0 saturated carbocycles. The number of carbonyl (C=O) groups is 2. The van der Waals surface area contributed by atoms with E-state index in [1.165, 1.54) is 24.3 Å². The fourth-order valence-electron chi connectivity index (χ4n) is 2.72. The van der Waals surface area contributed by atoms with Crippen LogP contribution in [0.5, 0.6) is 0 Å². The molecule has 1 atom stereocenters. The molecule has 2 aromatic rings. The molecule has 28 heavy (non-hydrogen) atoms. The van der Waals surface area contributed by atoms with Gasteiger partial charge in [-0.2, -0.15) is 0 Å². The molecule has 8 nitrogen and oxygen atoms in total. The topological polar surface area (TPSA) is 114 Å². The first kappa shape index (κ1) is 20.0. The molecule has 2 amide bonds. The fourth-order valence-corrected chi connectivity index (χ4v) is 3.78. The summed E-state index contributed by atoms with van der Waals surface area (Å²) >= 11 is 0. The summed E-state index contributed by atoms with van der Waals surface area (Å²) in [6, 6.07) is 14.7. The molecule has 1 heterocycles. The Kier molecular flexibility index (Phi) is 6.40. The minimum Gasteiger partial charge on any atom is -0.368 e. The summed E-state index contributed by atoms with van der Waals surface area (Å²) in [7, 11) is -3.80. The quantitative estimate of drug-likeness (QED) is 0.625. The maximum Gasteiger partial charge on any atom is 0.269 e. The lowest BCUT2D eigenvalue weighted by atomic mass is 10.2. The number of ether oxygens (including phenoxy) is 1. The molecular formula is C19H21N3O5S. The van der Waals surface area contributed by atoms with Crippen molar-refractivity contribution in [3.8, 4) is 0 Å². The molecule has 0 unspecified atom stereocenters. The van der Waals surface area contributed by atoms with Gasteiger partial charge in [-0.3, -0.25) is 20.4 Å². The molecule has 0 spiro atoms. The molecule has 1 aliphatic rings. The van der Waals surface area contributed by atoms with Crippen molar-refractivity contribution in [1.29, 1.82) is 0 Å². The van der Waals surface area contributed by atoms with Gasteiger partial charge in [0.2, 0.25) is 10.0 Å². The molecular weight excluding hydrogens is 382 g/mol. The van der Waals surface area contributed by atoms with Crippen LogP contribution in [-0.4, -0.2) is 32.9 Å². The van der Waals surface area contributed by atoms with Gasteiger partial charge in [0, 0.05) is 18.7 Å². The molecule has 2 aromatic carbocycles. The van der Waals surface area contributed by atoms with Crippen molar-refractivity contribution >= 4 is 21.8 Å². The normalized spacial score (nSPS) is 16.5. The van der Waals surface area contributed by atoms with E-state index in [4.69, 9.17) is 4.74 Å². The molecule has 3 N–H and O–H groups in total. The Balaban J connectivity index is 1.62. The molecule has 1 saturated heterocycles. The number of rotatable bonds is 6. The predicted molar refractivity (Wildman–Crippen MR) is 101 cm³/mol. The van der Waals surface area contributed by atoms with Crippen LogP contribution >= 0.6 is 0 Å². The monoisotopic (exact) mass is 403 g/mol. The van der Waals surface area contributed by atoms with Gasteiger partial charge in [-0.05, 0) is 36.6 Å². The first-order chi connectivity index (χ1) is 13.5. The minimum absolute atomic E-state index is 0.0402. The lowest BCUT2D eigenvalue weighted by Crippen LogP contribution is -2.46. The first-order valence-corrected chi connectivity index (χ1v) is 10.3. The van der Waals surface area contributed by atoms with E-state index in [9.17, 15) is 18.0 Å². The number of benzene rings is 2. The smallest absolute Gasteiger partial charge is 0.269 e. The van der Waals surface area contributed by atoms with Crippen molar-refractivity contribution in [3.05, 3.63) is 65.7 Å². The molecule has 1 fully saturated rings. The second kappa shape index (κ2) is 8.96. The third-order valence-electron chi connectivity index (χ3n) is 4.24. The van der Waals surface area contributed by atoms with Gasteiger partial charge in [0.15, 0.2) is 0 Å². The molecule has 0 aromatic heterocycles. The maximum atomic E-state index is 12.5. The van der Waals surface area contributed by atoms with Gasteiger partial charge in [0.1, 0.15) is 6.10 Å². The van der Waals surface area contributed by atoms with Gasteiger partial charge < -0.3 is 4.74 Å². The van der Waals surface area contributed by atoms with Crippen LogP contribution in [-0.2, 0) is 26.1 Å². The van der Waals surface area contributed by atoms with Crippen LogP contribution in [0.25, 0.3) is 0 Å². The SMILES string of the molecule is O=C(NNC(=O)[C@@H]1CCCO1)c1cccc(S(=O)(=O)NCc2ccccc2)c1. The highest BCUT2D eigenvalue weighted by molar-refractivity contribution is 7.89. The maximum absolute atomic E-state index is 12.5. The summed E-state index contributed by atoms with van der Waals surface area (Å²) in [6.45, 7) is 0.652. The van der Waals surface area contributed by atoms with E-state index >= 15 is 0 Å². The highest BCUT2D eigenvalue weighted by Crippen LogP contribution is 2.13. The minimum atomic E-state index is -3.80. The van der Waals surface area contributed by atoms with Gasteiger partial charge in [-0.25, -0.2) is 13.1 Å². The largest absolute Gasteiger partial charge is 0.368 e. The highest BCUT2D eigenvalue weighted by atomic mass is 32.2. The van der Waals surface area contributed by atoms with Gasteiger partial charge in [-0.1, -0.05) is 36.4 Å². The summed E-state index contributed by atoms with van der Waals surface area (Å²) in [5.41, 5.74) is 5.50. The zero-order valence-electron chi connectivity index (χ0n) is 15.1. The van der Waals surface area contributed by atoms with E-state index in [2.05, 4.69) is 15.6 Å². The number of nitrogens with one attached hydrogen (secondary N) is 3. The van der Waals surface area contributed by atoms with Gasteiger partial charge in [-0.15, -0.1) is 0 Å². The van der Waals surface area contributed by atoms with E-state index in [1.54, 1.807) is 0 Å². The average molecular weight is 403 g/mol. The van der Waals surface area contributed by atoms with Crippen molar-refractivity contribution in [1.82, 2.24) is 15.6 Å². The first-order valence-electron chi connectivity index (χ1n) is 8.81. The van der Waals surface area contributed by atoms with Crippen molar-refractivity contribution in [3.63, 3.8) is 0 Å². The molecule has 9 heteroatoms. The Hall–Kier alpha value is -2.75. The molecule has 0 aliphatic carbocycles. The van der Waals surface area contributed by atoms with E-state index < -0.39 is 27.9 Å². The standard InChI is InChI=1S/C19H21N3O5S/c23-18(21-22-19(24)17-10-5-11-27-17)15-8-4-9-16(12-15)28(25,26)20-13-14-6-2-1-3-7-14/h1-4,6-9,12,17,20H,5,10-11,13H2,(H,21,23)(H,22,24)/t17-/m0/s1. The number of hydrogen-bond acceptors (Lipinski definition) is 5. The van der Waals surface area contributed by atoms with Crippen LogP contribution in [0.3, 0.4) is 0 Å². The molecule has 148 valence electrons. The summed E-state index contributed by atoms with van der Waals surface area (Å²) in [5.74, 6) is -1.05. The Bertz CT molecular complexity index is 941. The molecule has 0 radical (unpaired) electrons. The van der Waals surface area contributed by atoms with E-state index in [-0.39, 0.29) is 17.0 Å². The second-order valence-corrected chi connectivity index (χ2v) is 8.05. The van der Waals surface area contributed by atoms with Gasteiger partial charge in [0.05, 0.1) is 4.90 Å². The third kappa shape index (κ3) is 5.16. The Morgan fingerprint density at radius 3 is 2.54 bits per heavy atom. The summed E-state index contributed by atoms with van der Waals surface area (Å²) in [5, 5.41) is 0. The van der Waals surface area contributed by atoms with Crippen LogP contribution in [0.2, 0.25) is 0 Å². The van der Waals surface area contributed by atoms with Crippen molar-refractivity contribution in [2.75, 3.05) is 6.61 Å². The Morgan fingerprint density at radius 1 is 1.04 bits per heavy atom. The average Bonchev–Trinajstić information content (AvgIpc) is 3.26. The number of amides is 2. The van der Waals surface area contributed by atoms with Crippen LogP contribution in [0.15, 0.2) is 59.5 Å². The molecule has 0 bridgehead atoms. The zero-order chi connectivity index (χ0) is 20.0. The fraction of sp³-hybridized carbons (Fsp3) is 0.263. The van der Waals surface area contributed by atoms with Crippen LogP contribution < -0.4 is 15.6 Å². The molecule has 3 rings (SSSR count). The number of sulfonamides is 1. The second-order valence-electron chi connectivity index (χ2n) is 6.28. The third-order valence-corrected chi connectivity index (χ3v) is 5.64. The van der Waals surface area contributed by atoms with Gasteiger partial charge in [0.25, 0.3) is 11.8 Å². The van der Waals surface area contributed by atoms with Crippen molar-refractivity contribution in [2.45, 2.75) is 30.4 Å². The Morgan fingerprint density at radius 2 is 1.82 bits per heavy atom. The molecule has 1 aliphatic heterocycles. The van der Waals surface area contributed by atoms with Crippen LogP contribution in [0.1, 0.15) is 28.8 Å². The number of hydrazine groups is 1. The summed E-state index contributed by atoms with van der Waals surface area (Å²) in [6.07, 6.45) is 0.818. The van der Waals surface area contributed by atoms with Crippen LogP contribution in [0, 0.1) is 0 Å². The number of hydrogen-bond donors (Lipinski definition) is 3. The zero-order valence-corrected chi connectivity index (χ0v) is 15.9. The number of carbonyl (C=O) groups excluding carboxylic acids is 2. The van der Waals surface area contributed by atoms with Crippen molar-refractivity contribution < 1.29 is 22.7 Å². The van der Waals surface area contributed by atoms with E-state index in [0.717, 1.165) is 12.0 Å². The lowest BCUT2D eigenvalue weighted by Gasteiger charge is -2.12. The van der Waals surface area contributed by atoms with E-state index in [0.29, 0.717) is 13.0 Å². The van der Waals surface area contributed by atoms with Gasteiger partial charge >= 0.3 is 0 Å². The summed E-state index contributed by atoms with van der Waals surface area (Å²) < 4.78 is 32.7. The Labute approximate surface area is 163 Å².